The first-order valence-corrected chi connectivity index (χ1v) is 11.9. The fourth-order valence-electron chi connectivity index (χ4n) is 5.50. The number of likely N-dealkylation sites (tertiary alicyclic amines) is 1. The van der Waals surface area contributed by atoms with Crippen molar-refractivity contribution in [1.82, 2.24) is 9.80 Å². The van der Waals surface area contributed by atoms with E-state index in [4.69, 9.17) is 4.74 Å². The second-order valence-electron chi connectivity index (χ2n) is 9.16. The summed E-state index contributed by atoms with van der Waals surface area (Å²) in [7, 11) is 0. The number of anilines is 1. The molecule has 0 spiro atoms. The van der Waals surface area contributed by atoms with Gasteiger partial charge in [-0.3, -0.25) is 9.29 Å². The number of fused-ring (bicyclic) bond motifs is 5. The van der Waals surface area contributed by atoms with Gasteiger partial charge in [0.25, 0.3) is 0 Å². The summed E-state index contributed by atoms with van der Waals surface area (Å²) in [5.74, 6) is 0.541. The Morgan fingerprint density at radius 3 is 2.59 bits per heavy atom. The summed E-state index contributed by atoms with van der Waals surface area (Å²) >= 11 is 0. The Labute approximate surface area is 189 Å². The third kappa shape index (κ3) is 4.33. The molecule has 2 fully saturated rings. The third-order valence-corrected chi connectivity index (χ3v) is 7.26. The van der Waals surface area contributed by atoms with Gasteiger partial charge in [0, 0.05) is 45.0 Å². The first-order valence-electron chi connectivity index (χ1n) is 11.9. The monoisotopic (exact) mass is 437 g/mol. The Kier molecular flexibility index (Phi) is 6.30. The summed E-state index contributed by atoms with van der Waals surface area (Å²) in [6.45, 7) is 5.54. The zero-order valence-corrected chi connectivity index (χ0v) is 18.6. The molecular weight excluding hydrogens is 405 g/mol. The van der Waals surface area contributed by atoms with E-state index in [0.717, 1.165) is 57.7 Å². The maximum absolute atomic E-state index is 12.9. The van der Waals surface area contributed by atoms with Crippen LogP contribution in [-0.2, 0) is 11.3 Å². The highest BCUT2D eigenvalue weighted by Gasteiger charge is 2.41. The topological polar surface area (TPSA) is 36.0 Å². The molecule has 1 amide bonds. The molecule has 2 saturated heterocycles. The lowest BCUT2D eigenvalue weighted by Gasteiger charge is -2.36. The van der Waals surface area contributed by atoms with E-state index in [9.17, 15) is 9.18 Å². The number of nitrogens with zero attached hydrogens (tertiary/aromatic N) is 3. The van der Waals surface area contributed by atoms with Crippen molar-refractivity contribution in [3.05, 3.63) is 65.2 Å². The maximum atomic E-state index is 12.9. The number of piperazine rings is 1. The van der Waals surface area contributed by atoms with Crippen LogP contribution < -0.4 is 4.90 Å². The molecule has 0 saturated carbocycles. The molecule has 0 radical (unpaired) electrons. The Morgan fingerprint density at radius 1 is 1.00 bits per heavy atom. The van der Waals surface area contributed by atoms with Gasteiger partial charge in [0.15, 0.2) is 0 Å². The zero-order chi connectivity index (χ0) is 21.9. The number of halogens is 1. The second kappa shape index (κ2) is 9.49. The molecule has 0 N–H and O–H groups in total. The van der Waals surface area contributed by atoms with Crippen LogP contribution in [0.1, 0.15) is 47.9 Å². The van der Waals surface area contributed by atoms with E-state index in [1.165, 1.54) is 16.8 Å². The molecule has 2 heterocycles. The molecule has 5 nitrogen and oxygen atoms in total. The lowest BCUT2D eigenvalue weighted by atomic mass is 9.96. The number of alkyl halides is 1. The summed E-state index contributed by atoms with van der Waals surface area (Å²) in [6, 6.07) is 16.8. The molecule has 2 aliphatic heterocycles. The zero-order valence-electron chi connectivity index (χ0n) is 18.6. The molecule has 6 heteroatoms. The standard InChI is InChI=1S/C26H32FN3O2/c27-10-4-11-28-13-15-29(16-14-28)22-7-8-23-21-9-12-30(25(17-21)24(23)18-22)26(31)32-19-20-5-2-1-3-6-20/h1-3,5-8,18,21,25H,4,9-17,19H2/t21-,25+/m1/s1. The molecule has 2 aromatic carbocycles. The Morgan fingerprint density at radius 2 is 1.81 bits per heavy atom. The molecule has 0 unspecified atom stereocenters. The molecule has 170 valence electrons. The van der Waals surface area contributed by atoms with E-state index >= 15 is 0 Å². The first kappa shape index (κ1) is 21.3. The smallest absolute Gasteiger partial charge is 0.410 e. The van der Waals surface area contributed by atoms with Crippen LogP contribution in [0.4, 0.5) is 14.9 Å². The molecule has 3 aliphatic rings. The number of carbonyl (C=O) groups is 1. The highest BCUT2D eigenvalue weighted by molar-refractivity contribution is 5.70. The lowest BCUT2D eigenvalue weighted by molar-refractivity contribution is 0.0694. The van der Waals surface area contributed by atoms with Gasteiger partial charge in [-0.1, -0.05) is 36.4 Å². The normalized spacial score (nSPS) is 22.7. The third-order valence-electron chi connectivity index (χ3n) is 7.26. The molecule has 0 aromatic heterocycles. The van der Waals surface area contributed by atoms with E-state index in [0.29, 0.717) is 18.9 Å². The molecule has 2 bridgehead atoms. The first-order chi connectivity index (χ1) is 15.7. The van der Waals surface area contributed by atoms with Crippen LogP contribution in [0, 0.1) is 0 Å². The van der Waals surface area contributed by atoms with Crippen LogP contribution in [0.25, 0.3) is 0 Å². The van der Waals surface area contributed by atoms with Crippen LogP contribution in [0.15, 0.2) is 48.5 Å². The van der Waals surface area contributed by atoms with Crippen LogP contribution in [0.5, 0.6) is 0 Å². The van der Waals surface area contributed by atoms with Gasteiger partial charge >= 0.3 is 6.09 Å². The van der Waals surface area contributed by atoms with Crippen molar-refractivity contribution in [2.45, 2.75) is 37.8 Å². The number of hydrogen-bond acceptors (Lipinski definition) is 4. The number of carbonyl (C=O) groups excluding carboxylic acids is 1. The minimum atomic E-state index is -0.238. The van der Waals surface area contributed by atoms with Crippen LogP contribution >= 0.6 is 0 Å². The van der Waals surface area contributed by atoms with Gasteiger partial charge in [0.1, 0.15) is 6.61 Å². The van der Waals surface area contributed by atoms with E-state index in [-0.39, 0.29) is 18.8 Å². The van der Waals surface area contributed by atoms with Crippen LogP contribution in [0.2, 0.25) is 0 Å². The highest BCUT2D eigenvalue weighted by Crippen LogP contribution is 2.50. The molecule has 5 rings (SSSR count). The fraction of sp³-hybridized carbons (Fsp3) is 0.500. The summed E-state index contributed by atoms with van der Waals surface area (Å²) in [5, 5.41) is 0. The number of hydrogen-bond donors (Lipinski definition) is 0. The summed E-state index contributed by atoms with van der Waals surface area (Å²) < 4.78 is 18.1. The van der Waals surface area contributed by atoms with Crippen molar-refractivity contribution < 1.29 is 13.9 Å². The predicted molar refractivity (Wildman–Crippen MR) is 124 cm³/mol. The van der Waals surface area contributed by atoms with Crippen LogP contribution in [-0.4, -0.2) is 61.8 Å². The van der Waals surface area contributed by atoms with Gasteiger partial charge in [-0.15, -0.1) is 0 Å². The molecule has 2 aromatic rings. The lowest BCUT2D eigenvalue weighted by Crippen LogP contribution is -2.46. The van der Waals surface area contributed by atoms with Crippen molar-refractivity contribution in [3.63, 3.8) is 0 Å². The summed E-state index contributed by atoms with van der Waals surface area (Å²) in [6.07, 6.45) is 2.40. The SMILES string of the molecule is O=C(OCc1ccccc1)N1CC[C@@H]2C[C@H]1c1cc(N3CCN(CCCF)CC3)ccc12. The van der Waals surface area contributed by atoms with E-state index in [1.807, 2.05) is 35.2 Å². The van der Waals surface area contributed by atoms with Crippen molar-refractivity contribution in [2.24, 2.45) is 0 Å². The van der Waals surface area contributed by atoms with E-state index < -0.39 is 0 Å². The fourth-order valence-corrected chi connectivity index (χ4v) is 5.50. The Bertz CT molecular complexity index is 930. The quantitative estimate of drug-likeness (QED) is 0.654. The average molecular weight is 438 g/mol. The highest BCUT2D eigenvalue weighted by atomic mass is 19.1. The minimum absolute atomic E-state index is 0.109. The number of ether oxygens (including phenoxy) is 1. The van der Waals surface area contributed by atoms with Crippen molar-refractivity contribution in [3.8, 4) is 0 Å². The van der Waals surface area contributed by atoms with Gasteiger partial charge < -0.3 is 14.5 Å². The van der Waals surface area contributed by atoms with Crippen molar-refractivity contribution >= 4 is 11.8 Å². The largest absolute Gasteiger partial charge is 0.445 e. The number of benzene rings is 2. The summed E-state index contributed by atoms with van der Waals surface area (Å²) in [4.78, 5) is 19.6. The molecular formula is C26H32FN3O2. The number of amides is 1. The minimum Gasteiger partial charge on any atom is -0.445 e. The van der Waals surface area contributed by atoms with Gasteiger partial charge in [0.05, 0.1) is 12.7 Å². The Balaban J connectivity index is 1.26. The molecule has 32 heavy (non-hydrogen) atoms. The Hall–Kier alpha value is -2.60. The molecule has 1 aliphatic carbocycles. The van der Waals surface area contributed by atoms with Crippen LogP contribution in [0.3, 0.4) is 0 Å². The molecule has 2 atom stereocenters. The summed E-state index contributed by atoms with van der Waals surface area (Å²) in [5.41, 5.74) is 4.94. The van der Waals surface area contributed by atoms with Gasteiger partial charge in [-0.25, -0.2) is 4.79 Å². The van der Waals surface area contributed by atoms with E-state index in [1.54, 1.807) is 0 Å². The number of piperidine rings is 1. The second-order valence-corrected chi connectivity index (χ2v) is 9.16. The predicted octanol–water partition coefficient (Wildman–Crippen LogP) is 4.74. The maximum Gasteiger partial charge on any atom is 0.410 e. The van der Waals surface area contributed by atoms with E-state index in [2.05, 4.69) is 28.0 Å². The number of rotatable bonds is 6. The van der Waals surface area contributed by atoms with Crippen molar-refractivity contribution in [2.75, 3.05) is 50.8 Å². The van der Waals surface area contributed by atoms with Crippen molar-refractivity contribution in [1.29, 1.82) is 0 Å². The van der Waals surface area contributed by atoms with Gasteiger partial charge in [-0.05, 0) is 54.0 Å². The van der Waals surface area contributed by atoms with Gasteiger partial charge in [-0.2, -0.15) is 0 Å². The average Bonchev–Trinajstić information content (AvgIpc) is 3.13. The van der Waals surface area contributed by atoms with Gasteiger partial charge in [0.2, 0.25) is 0 Å².